The number of benzene rings is 2. The Morgan fingerprint density at radius 1 is 0.960 bits per heavy atom. The quantitative estimate of drug-likeness (QED) is 0.752. The molecule has 2 aromatic rings. The lowest BCUT2D eigenvalue weighted by molar-refractivity contribution is -0.138. The predicted molar refractivity (Wildman–Crippen MR) is 95.9 cm³/mol. The molecule has 2 N–H and O–H groups in total. The fourth-order valence-electron chi connectivity index (χ4n) is 2.33. The van der Waals surface area contributed by atoms with Crippen molar-refractivity contribution in [3.05, 3.63) is 65.2 Å². The molecule has 5 nitrogen and oxygen atoms in total. The summed E-state index contributed by atoms with van der Waals surface area (Å²) in [4.78, 5) is 35.0. The molecule has 0 aliphatic heterocycles. The zero-order chi connectivity index (χ0) is 18.4. The molecule has 0 heterocycles. The maximum atomic E-state index is 12.1. The number of hydrogen-bond acceptors (Lipinski definition) is 3. The summed E-state index contributed by atoms with van der Waals surface area (Å²) in [6.45, 7) is 3.55. The van der Waals surface area contributed by atoms with Crippen LogP contribution in [0.1, 0.15) is 47.2 Å². The number of aliphatic carboxylic acids is 1. The Balaban J connectivity index is 1.86. The van der Waals surface area contributed by atoms with E-state index < -0.39 is 11.9 Å². The second kappa shape index (κ2) is 8.24. The monoisotopic (exact) mass is 339 g/mol. The normalized spacial score (nSPS) is 11.6. The number of aryl methyl sites for hydroxylation is 1. The maximum Gasteiger partial charge on any atom is 0.310 e. The summed E-state index contributed by atoms with van der Waals surface area (Å²) in [7, 11) is 0. The number of carbonyl (C=O) groups is 3. The van der Waals surface area contributed by atoms with Gasteiger partial charge in [0.15, 0.2) is 5.78 Å². The first-order valence-electron chi connectivity index (χ1n) is 8.09. The largest absolute Gasteiger partial charge is 0.481 e. The number of nitrogens with one attached hydrogen (secondary N) is 1. The highest BCUT2D eigenvalue weighted by molar-refractivity contribution is 6.00. The average Bonchev–Trinajstić information content (AvgIpc) is 2.60. The van der Waals surface area contributed by atoms with Gasteiger partial charge in [-0.3, -0.25) is 14.4 Å². The van der Waals surface area contributed by atoms with Gasteiger partial charge in [0.25, 0.3) is 0 Å². The van der Waals surface area contributed by atoms with Gasteiger partial charge in [-0.25, -0.2) is 0 Å². The molecule has 2 rings (SSSR count). The van der Waals surface area contributed by atoms with Crippen LogP contribution in [-0.2, 0) is 9.59 Å². The molecule has 2 aromatic carbocycles. The minimum absolute atomic E-state index is 0.0687. The number of Topliss-reactive ketones (excluding diaryl/α,β-unsaturated/α-hetero) is 1. The van der Waals surface area contributed by atoms with Crippen LogP contribution in [0, 0.1) is 6.92 Å². The van der Waals surface area contributed by atoms with Crippen LogP contribution < -0.4 is 5.32 Å². The van der Waals surface area contributed by atoms with E-state index in [1.807, 2.05) is 19.1 Å². The van der Waals surface area contributed by atoms with Gasteiger partial charge in [0, 0.05) is 24.1 Å². The molecular weight excluding hydrogens is 318 g/mol. The lowest BCUT2D eigenvalue weighted by atomic mass is 10.0. The molecule has 0 saturated carbocycles. The molecule has 1 atom stereocenters. The van der Waals surface area contributed by atoms with E-state index in [0.717, 1.165) is 5.56 Å². The van der Waals surface area contributed by atoms with Gasteiger partial charge in [-0.1, -0.05) is 42.0 Å². The second-order valence-electron chi connectivity index (χ2n) is 6.02. The van der Waals surface area contributed by atoms with E-state index in [9.17, 15) is 14.4 Å². The molecule has 0 aromatic heterocycles. The van der Waals surface area contributed by atoms with Gasteiger partial charge in [-0.2, -0.15) is 0 Å². The van der Waals surface area contributed by atoms with Crippen molar-refractivity contribution in [1.82, 2.24) is 0 Å². The number of carbonyl (C=O) groups excluding carboxylic acids is 2. The molecule has 0 bridgehead atoms. The van der Waals surface area contributed by atoms with Crippen LogP contribution in [0.4, 0.5) is 5.69 Å². The van der Waals surface area contributed by atoms with E-state index in [0.29, 0.717) is 16.8 Å². The van der Waals surface area contributed by atoms with Crippen LogP contribution >= 0.6 is 0 Å². The fraction of sp³-hybridized carbons (Fsp3) is 0.250. The SMILES string of the molecule is Cc1ccc(C(=O)CCC(=O)Nc2ccc(C(C)C(=O)O)cc2)cc1. The molecule has 130 valence electrons. The Hall–Kier alpha value is -2.95. The number of amides is 1. The van der Waals surface area contributed by atoms with Crippen LogP contribution in [0.5, 0.6) is 0 Å². The number of ketones is 1. The van der Waals surface area contributed by atoms with Gasteiger partial charge in [-0.05, 0) is 31.5 Å². The summed E-state index contributed by atoms with van der Waals surface area (Å²) in [6.07, 6.45) is 0.239. The number of carboxylic acids is 1. The van der Waals surface area contributed by atoms with E-state index in [4.69, 9.17) is 5.11 Å². The summed E-state index contributed by atoms with van der Waals surface area (Å²) in [6, 6.07) is 13.9. The third kappa shape index (κ3) is 5.28. The van der Waals surface area contributed by atoms with Gasteiger partial charge < -0.3 is 10.4 Å². The lowest BCUT2D eigenvalue weighted by Crippen LogP contribution is -2.14. The number of rotatable bonds is 7. The van der Waals surface area contributed by atoms with E-state index in [1.54, 1.807) is 43.3 Å². The van der Waals surface area contributed by atoms with Gasteiger partial charge in [0.2, 0.25) is 5.91 Å². The Morgan fingerprint density at radius 3 is 2.12 bits per heavy atom. The van der Waals surface area contributed by atoms with Crippen LogP contribution in [-0.4, -0.2) is 22.8 Å². The summed E-state index contributed by atoms with van der Waals surface area (Å²) in [5.41, 5.74) is 2.93. The van der Waals surface area contributed by atoms with Gasteiger partial charge in [0.1, 0.15) is 0 Å². The first kappa shape index (κ1) is 18.4. The fourth-order valence-corrected chi connectivity index (χ4v) is 2.33. The topological polar surface area (TPSA) is 83.5 Å². The zero-order valence-corrected chi connectivity index (χ0v) is 14.3. The Morgan fingerprint density at radius 2 is 1.56 bits per heavy atom. The Bertz CT molecular complexity index is 763. The third-order valence-electron chi connectivity index (χ3n) is 4.02. The Labute approximate surface area is 146 Å². The first-order chi connectivity index (χ1) is 11.9. The molecule has 0 aliphatic carbocycles. The van der Waals surface area contributed by atoms with Gasteiger partial charge in [-0.15, -0.1) is 0 Å². The highest BCUT2D eigenvalue weighted by Gasteiger charge is 2.14. The second-order valence-corrected chi connectivity index (χ2v) is 6.02. The van der Waals surface area contributed by atoms with Crippen LogP contribution in [0.25, 0.3) is 0 Å². The van der Waals surface area contributed by atoms with Gasteiger partial charge in [0.05, 0.1) is 5.92 Å². The van der Waals surface area contributed by atoms with E-state index in [-0.39, 0.29) is 24.5 Å². The number of anilines is 1. The van der Waals surface area contributed by atoms with Gasteiger partial charge >= 0.3 is 5.97 Å². The van der Waals surface area contributed by atoms with E-state index >= 15 is 0 Å². The van der Waals surface area contributed by atoms with Crippen molar-refractivity contribution in [3.8, 4) is 0 Å². The predicted octanol–water partition coefficient (Wildman–Crippen LogP) is 3.78. The summed E-state index contributed by atoms with van der Waals surface area (Å²) in [5, 5.41) is 11.7. The van der Waals surface area contributed by atoms with Crippen molar-refractivity contribution < 1.29 is 19.5 Å². The number of hydrogen-bond donors (Lipinski definition) is 2. The van der Waals surface area contributed by atoms with Crippen LogP contribution in [0.2, 0.25) is 0 Å². The van der Waals surface area contributed by atoms with Crippen molar-refractivity contribution in [2.75, 3.05) is 5.32 Å². The molecule has 0 radical (unpaired) electrons. The van der Waals surface area contributed by atoms with E-state index in [2.05, 4.69) is 5.32 Å². The highest BCUT2D eigenvalue weighted by Crippen LogP contribution is 2.18. The molecule has 1 unspecified atom stereocenters. The van der Waals surface area contributed by atoms with E-state index in [1.165, 1.54) is 0 Å². The average molecular weight is 339 g/mol. The minimum Gasteiger partial charge on any atom is -0.481 e. The first-order valence-corrected chi connectivity index (χ1v) is 8.09. The molecule has 0 spiro atoms. The van der Waals surface area contributed by atoms with Crippen molar-refractivity contribution in [2.45, 2.75) is 32.6 Å². The van der Waals surface area contributed by atoms with Crippen molar-refractivity contribution in [2.24, 2.45) is 0 Å². The molecule has 0 fully saturated rings. The smallest absolute Gasteiger partial charge is 0.310 e. The van der Waals surface area contributed by atoms with Crippen LogP contribution in [0.3, 0.4) is 0 Å². The zero-order valence-electron chi connectivity index (χ0n) is 14.3. The van der Waals surface area contributed by atoms with Crippen LogP contribution in [0.15, 0.2) is 48.5 Å². The third-order valence-corrected chi connectivity index (χ3v) is 4.02. The standard InChI is InChI=1S/C20H21NO4/c1-13-3-5-16(6-4-13)18(22)11-12-19(23)21-17-9-7-15(8-10-17)14(2)20(24)25/h3-10,14H,11-12H2,1-2H3,(H,21,23)(H,24,25). The molecule has 5 heteroatoms. The Kier molecular flexibility index (Phi) is 6.06. The summed E-state index contributed by atoms with van der Waals surface area (Å²) >= 11 is 0. The molecule has 25 heavy (non-hydrogen) atoms. The van der Waals surface area contributed by atoms with Crippen molar-refractivity contribution in [1.29, 1.82) is 0 Å². The molecule has 0 saturated heterocycles. The van der Waals surface area contributed by atoms with Crippen molar-refractivity contribution in [3.63, 3.8) is 0 Å². The molecule has 1 amide bonds. The highest BCUT2D eigenvalue weighted by atomic mass is 16.4. The summed E-state index contributed by atoms with van der Waals surface area (Å²) in [5.74, 6) is -1.82. The summed E-state index contributed by atoms with van der Waals surface area (Å²) < 4.78 is 0. The lowest BCUT2D eigenvalue weighted by Gasteiger charge is -2.09. The maximum absolute atomic E-state index is 12.1. The molecule has 0 aliphatic rings. The minimum atomic E-state index is -0.897. The molecular formula is C20H21NO4. The van der Waals surface area contributed by atoms with Crippen molar-refractivity contribution >= 4 is 23.3 Å². The number of carboxylic acid groups (broad SMARTS) is 1.